The number of amides is 2. The van der Waals surface area contributed by atoms with Crippen LogP contribution in [0, 0.1) is 0 Å². The number of aliphatic hydroxyl groups excluding tert-OH is 1. The van der Waals surface area contributed by atoms with Gasteiger partial charge in [-0.2, -0.15) is 0 Å². The van der Waals surface area contributed by atoms with Gasteiger partial charge in [0.25, 0.3) is 0 Å². The van der Waals surface area contributed by atoms with Gasteiger partial charge in [-0.25, -0.2) is 4.79 Å². The van der Waals surface area contributed by atoms with Crippen molar-refractivity contribution in [2.24, 2.45) is 0 Å². The Kier molecular flexibility index (Phi) is 6.22. The molecule has 1 heterocycles. The Morgan fingerprint density at radius 1 is 1.45 bits per heavy atom. The Morgan fingerprint density at radius 3 is 2.70 bits per heavy atom. The van der Waals surface area contributed by atoms with Gasteiger partial charge >= 0.3 is 6.03 Å². The van der Waals surface area contributed by atoms with Crippen LogP contribution >= 0.6 is 0 Å². The third-order valence-corrected chi connectivity index (χ3v) is 4.52. The molecule has 0 saturated heterocycles. The lowest BCUT2D eigenvalue weighted by atomic mass is 10.3. The molecule has 0 spiro atoms. The lowest BCUT2D eigenvalue weighted by molar-refractivity contribution is 0.148. The van der Waals surface area contributed by atoms with Gasteiger partial charge in [-0.05, 0) is 32.9 Å². The molecule has 2 amide bonds. The first-order valence-electron chi connectivity index (χ1n) is 6.42. The molecular weight excluding hydrogens is 280 g/mol. The molecular formula is C13H22N2O4S. The average molecular weight is 302 g/mol. The second-order valence-corrected chi connectivity index (χ2v) is 7.65. The Hall–Kier alpha value is -1.34. The first-order chi connectivity index (χ1) is 9.30. The first-order valence-corrected chi connectivity index (χ1v) is 7.74. The SMILES string of the molecule is CC(C)(C)S(=O)CCNC(=O)NCC(O)c1ccco1. The van der Waals surface area contributed by atoms with Crippen LogP contribution in [0.3, 0.4) is 0 Å². The van der Waals surface area contributed by atoms with Gasteiger partial charge in [0.05, 0.1) is 12.8 Å². The van der Waals surface area contributed by atoms with E-state index < -0.39 is 22.9 Å². The maximum absolute atomic E-state index is 11.8. The molecule has 3 N–H and O–H groups in total. The lowest BCUT2D eigenvalue weighted by Crippen LogP contribution is -2.40. The molecule has 1 aromatic rings. The molecule has 0 aliphatic carbocycles. The molecule has 1 rings (SSSR count). The summed E-state index contributed by atoms with van der Waals surface area (Å²) in [6.45, 7) is 6.06. The van der Waals surface area contributed by atoms with Crippen LogP contribution in [0.15, 0.2) is 22.8 Å². The molecule has 2 atom stereocenters. The highest BCUT2D eigenvalue weighted by Gasteiger charge is 2.19. The van der Waals surface area contributed by atoms with Crippen LogP contribution in [0.1, 0.15) is 32.6 Å². The zero-order valence-corrected chi connectivity index (χ0v) is 12.8. The fraction of sp³-hybridized carbons (Fsp3) is 0.615. The number of hydrogen-bond acceptors (Lipinski definition) is 4. The van der Waals surface area contributed by atoms with E-state index in [-0.39, 0.29) is 11.3 Å². The zero-order chi connectivity index (χ0) is 15.2. The Morgan fingerprint density at radius 2 is 2.15 bits per heavy atom. The summed E-state index contributed by atoms with van der Waals surface area (Å²) in [6, 6.07) is 2.90. The number of nitrogens with one attached hydrogen (secondary N) is 2. The van der Waals surface area contributed by atoms with Crippen molar-refractivity contribution in [1.29, 1.82) is 0 Å². The smallest absolute Gasteiger partial charge is 0.314 e. The molecule has 6 nitrogen and oxygen atoms in total. The molecule has 2 unspecified atom stereocenters. The molecule has 0 aliphatic rings. The lowest BCUT2D eigenvalue weighted by Gasteiger charge is -2.17. The van der Waals surface area contributed by atoms with E-state index in [0.717, 1.165) is 0 Å². The minimum atomic E-state index is -0.998. The predicted molar refractivity (Wildman–Crippen MR) is 77.8 cm³/mol. The van der Waals surface area contributed by atoms with Crippen molar-refractivity contribution in [3.8, 4) is 0 Å². The fourth-order valence-electron chi connectivity index (χ4n) is 1.40. The predicted octanol–water partition coefficient (Wildman–Crippen LogP) is 1.16. The van der Waals surface area contributed by atoms with Crippen LogP contribution in [0.4, 0.5) is 4.79 Å². The third-order valence-electron chi connectivity index (χ3n) is 2.58. The average Bonchev–Trinajstić information content (AvgIpc) is 2.88. The fourth-order valence-corrected chi connectivity index (χ4v) is 2.30. The van der Waals surface area contributed by atoms with Gasteiger partial charge in [0.15, 0.2) is 0 Å². The molecule has 0 fully saturated rings. The van der Waals surface area contributed by atoms with Crippen molar-refractivity contribution in [2.75, 3.05) is 18.8 Å². The van der Waals surface area contributed by atoms with E-state index in [9.17, 15) is 14.1 Å². The second-order valence-electron chi connectivity index (χ2n) is 5.33. The van der Waals surface area contributed by atoms with Gasteiger partial charge in [-0.15, -0.1) is 0 Å². The minimum Gasteiger partial charge on any atom is -0.467 e. The largest absolute Gasteiger partial charge is 0.467 e. The summed E-state index contributed by atoms with van der Waals surface area (Å²) in [5, 5.41) is 14.8. The summed E-state index contributed by atoms with van der Waals surface area (Å²) in [5.74, 6) is 0.802. The monoisotopic (exact) mass is 302 g/mol. The summed E-state index contributed by atoms with van der Waals surface area (Å²) in [5.41, 5.74) is 0. The van der Waals surface area contributed by atoms with Gasteiger partial charge in [-0.3, -0.25) is 4.21 Å². The molecule has 0 aromatic carbocycles. The number of furan rings is 1. The molecule has 0 bridgehead atoms. The first kappa shape index (κ1) is 16.7. The molecule has 0 aliphatic heterocycles. The van der Waals surface area contributed by atoms with Crippen LogP contribution in [0.25, 0.3) is 0 Å². The van der Waals surface area contributed by atoms with E-state index in [0.29, 0.717) is 18.1 Å². The number of rotatable bonds is 6. The van der Waals surface area contributed by atoms with E-state index in [1.807, 2.05) is 20.8 Å². The Balaban J connectivity index is 2.20. The number of hydrogen-bond donors (Lipinski definition) is 3. The minimum absolute atomic E-state index is 0.0572. The second kappa shape index (κ2) is 7.44. The van der Waals surface area contributed by atoms with E-state index >= 15 is 0 Å². The highest BCUT2D eigenvalue weighted by Crippen LogP contribution is 2.11. The number of aliphatic hydroxyl groups is 1. The zero-order valence-electron chi connectivity index (χ0n) is 12.0. The molecule has 114 valence electrons. The van der Waals surface area contributed by atoms with Crippen molar-refractivity contribution < 1.29 is 18.5 Å². The van der Waals surface area contributed by atoms with Crippen molar-refractivity contribution in [3.63, 3.8) is 0 Å². The van der Waals surface area contributed by atoms with Crippen molar-refractivity contribution in [3.05, 3.63) is 24.2 Å². The summed E-state index contributed by atoms with van der Waals surface area (Å²) < 4.78 is 16.5. The molecule has 1 aromatic heterocycles. The number of carbonyl (C=O) groups is 1. The topological polar surface area (TPSA) is 91.6 Å². The van der Waals surface area contributed by atoms with E-state index in [1.165, 1.54) is 6.26 Å². The summed E-state index contributed by atoms with van der Waals surface area (Å²) in [4.78, 5) is 11.5. The van der Waals surface area contributed by atoms with E-state index in [2.05, 4.69) is 10.6 Å². The summed E-state index contributed by atoms with van der Waals surface area (Å²) >= 11 is 0. The van der Waals surface area contributed by atoms with Crippen LogP contribution < -0.4 is 10.6 Å². The maximum Gasteiger partial charge on any atom is 0.314 e. The highest BCUT2D eigenvalue weighted by atomic mass is 32.2. The van der Waals surface area contributed by atoms with Crippen molar-refractivity contribution >= 4 is 16.8 Å². The summed E-state index contributed by atoms with van der Waals surface area (Å²) in [7, 11) is -0.998. The van der Waals surface area contributed by atoms with Gasteiger partial charge in [0.2, 0.25) is 0 Å². The van der Waals surface area contributed by atoms with Crippen LogP contribution in [0.5, 0.6) is 0 Å². The van der Waals surface area contributed by atoms with Crippen molar-refractivity contribution in [1.82, 2.24) is 10.6 Å². The maximum atomic E-state index is 11.8. The molecule has 0 radical (unpaired) electrons. The van der Waals surface area contributed by atoms with Crippen LogP contribution in [0.2, 0.25) is 0 Å². The quantitative estimate of drug-likeness (QED) is 0.735. The highest BCUT2D eigenvalue weighted by molar-refractivity contribution is 7.86. The summed E-state index contributed by atoms with van der Waals surface area (Å²) in [6.07, 6.45) is 0.583. The van der Waals surface area contributed by atoms with Gasteiger partial charge in [0.1, 0.15) is 11.9 Å². The molecule has 20 heavy (non-hydrogen) atoms. The van der Waals surface area contributed by atoms with Crippen LogP contribution in [-0.2, 0) is 10.8 Å². The molecule has 0 saturated carbocycles. The van der Waals surface area contributed by atoms with E-state index in [4.69, 9.17) is 4.42 Å². The Labute approximate surface area is 121 Å². The van der Waals surface area contributed by atoms with Gasteiger partial charge < -0.3 is 20.2 Å². The number of carbonyl (C=O) groups excluding carboxylic acids is 1. The number of urea groups is 1. The van der Waals surface area contributed by atoms with Gasteiger partial charge in [-0.1, -0.05) is 0 Å². The van der Waals surface area contributed by atoms with Gasteiger partial charge in [0, 0.05) is 27.8 Å². The Bertz CT molecular complexity index is 440. The van der Waals surface area contributed by atoms with E-state index in [1.54, 1.807) is 12.1 Å². The van der Waals surface area contributed by atoms with Crippen molar-refractivity contribution in [2.45, 2.75) is 31.6 Å². The standard InChI is InChI=1S/C13H22N2O4S/c1-13(2,3)20(18)8-6-14-12(17)15-9-10(16)11-5-4-7-19-11/h4-5,7,10,16H,6,8-9H2,1-3H3,(H2,14,15,17). The normalized spacial score (nSPS) is 14.6. The third kappa shape index (κ3) is 5.75. The molecule has 7 heteroatoms. The van der Waals surface area contributed by atoms with Crippen LogP contribution in [-0.4, -0.2) is 38.9 Å².